The first-order valence-electron chi connectivity index (χ1n) is 1.13. The average Bonchev–Trinajstić information content (AvgIpc) is 1.27. The van der Waals surface area contributed by atoms with Crippen LogP contribution in [0.1, 0.15) is 0 Å². The average molecular weight is 283 g/mol. The molecule has 7 heavy (non-hydrogen) atoms. The van der Waals surface area contributed by atoms with Crippen molar-refractivity contribution in [3.63, 3.8) is 0 Å². The fourth-order valence-electron chi connectivity index (χ4n) is 0.0527. The van der Waals surface area contributed by atoms with Crippen molar-refractivity contribution in [1.82, 2.24) is 0 Å². The van der Waals surface area contributed by atoms with E-state index in [1.54, 1.807) is 0 Å². The molecule has 0 aromatic carbocycles. The van der Waals surface area contributed by atoms with Crippen molar-refractivity contribution < 1.29 is 38.4 Å². The zero-order valence-electron chi connectivity index (χ0n) is 2.95. The van der Waals surface area contributed by atoms with Crippen LogP contribution in [0.2, 0.25) is 0 Å². The number of rotatable bonds is 2. The fourth-order valence-corrected chi connectivity index (χ4v) is 0.431. The summed E-state index contributed by atoms with van der Waals surface area (Å²) in [6.07, 6.45) is 0. The van der Waals surface area contributed by atoms with Gasteiger partial charge in [-0.2, -0.15) is 0 Å². The topological polar surface area (TPSA) is 80.3 Å². The van der Waals surface area contributed by atoms with Gasteiger partial charge in [-0.1, -0.05) is 0 Å². The maximum absolute atomic E-state index is 9.33. The summed E-state index contributed by atoms with van der Waals surface area (Å²) in [5, 5.41) is 18.7. The molecule has 0 rings (SSSR count). The van der Waals surface area contributed by atoms with Gasteiger partial charge in [0.15, 0.2) is 0 Å². The second-order valence-electron chi connectivity index (χ2n) is 0.504. The molecular weight excluding hydrogens is 283 g/mol. The molecule has 4 nitrogen and oxygen atoms in total. The van der Waals surface area contributed by atoms with E-state index in [1.165, 1.54) is 0 Å². The molecule has 0 aromatic heterocycles. The summed E-state index contributed by atoms with van der Waals surface area (Å²) in [6, 6.07) is 0. The van der Waals surface area contributed by atoms with E-state index in [9.17, 15) is 19.8 Å². The molecule has 0 aromatic rings. The molecule has 0 radical (unpaired) electrons. The standard InChI is InChI=1S/2CO2.Pt/c2*2-1-3;/q2*-1;+2. The van der Waals surface area contributed by atoms with Gasteiger partial charge in [0.1, 0.15) is 0 Å². The van der Waals surface area contributed by atoms with E-state index in [0.717, 1.165) is 0 Å². The molecule has 0 amide bonds. The van der Waals surface area contributed by atoms with Gasteiger partial charge in [-0.05, 0) is 0 Å². The van der Waals surface area contributed by atoms with E-state index in [0.29, 0.717) is 0 Å². The zero-order valence-corrected chi connectivity index (χ0v) is 5.22. The first kappa shape index (κ1) is 6.63. The molecule has 0 atom stereocenters. The Labute approximate surface area is 47.7 Å². The molecule has 0 heterocycles. The summed E-state index contributed by atoms with van der Waals surface area (Å²) in [5.74, 6) is 0. The molecule has 0 aliphatic carbocycles. The fraction of sp³-hybridized carbons (Fsp3) is 0. The van der Waals surface area contributed by atoms with E-state index < -0.39 is 27.3 Å². The number of hydrogen-bond acceptors (Lipinski definition) is 4. The molecular formula is C2O4Pt. The van der Waals surface area contributed by atoms with Gasteiger partial charge in [0.05, 0.1) is 0 Å². The van der Waals surface area contributed by atoms with Gasteiger partial charge in [0, 0.05) is 0 Å². The van der Waals surface area contributed by atoms with E-state index >= 15 is 0 Å². The molecule has 0 spiro atoms. The van der Waals surface area contributed by atoms with Gasteiger partial charge in [-0.25, -0.2) is 0 Å². The Kier molecular flexibility index (Phi) is 2.60. The zero-order chi connectivity index (χ0) is 5.86. The van der Waals surface area contributed by atoms with E-state index in [2.05, 4.69) is 0 Å². The summed E-state index contributed by atoms with van der Waals surface area (Å²) in [5.41, 5.74) is 0. The molecule has 0 unspecified atom stereocenters. The van der Waals surface area contributed by atoms with Crippen LogP contribution in [-0.4, -0.2) is 8.72 Å². The third-order valence-electron chi connectivity index (χ3n) is 0.129. The van der Waals surface area contributed by atoms with Crippen LogP contribution < -0.4 is 10.2 Å². The molecule has 0 aliphatic rings. The minimum absolute atomic E-state index is 1.51. The third-order valence-corrected chi connectivity index (χ3v) is 1.06. The SMILES string of the molecule is O=[C]([O-])[Pt+2][C](=O)[O-]. The number of carboxylic acid groups (broad SMARTS) is 2. The van der Waals surface area contributed by atoms with Crippen molar-refractivity contribution >= 4 is 8.72 Å². The first-order chi connectivity index (χ1) is 3.13. The minimum atomic E-state index is -1.89. The van der Waals surface area contributed by atoms with Crippen molar-refractivity contribution in [2.75, 3.05) is 0 Å². The molecule has 0 fully saturated rings. The Morgan fingerprint density at radius 2 is 1.43 bits per heavy atom. The van der Waals surface area contributed by atoms with Gasteiger partial charge in [-0.15, -0.1) is 0 Å². The summed E-state index contributed by atoms with van der Waals surface area (Å²) in [6.45, 7) is 0. The van der Waals surface area contributed by atoms with E-state index in [4.69, 9.17) is 0 Å². The monoisotopic (exact) mass is 283 g/mol. The summed E-state index contributed by atoms with van der Waals surface area (Å²) < 4.78 is -3.03. The van der Waals surface area contributed by atoms with Gasteiger partial charge < -0.3 is 0 Å². The molecule has 5 heteroatoms. The Morgan fingerprint density at radius 1 is 1.14 bits per heavy atom. The van der Waals surface area contributed by atoms with Crippen LogP contribution in [-0.2, 0) is 18.6 Å². The molecule has 0 saturated heterocycles. The van der Waals surface area contributed by atoms with Gasteiger partial charge in [0.2, 0.25) is 0 Å². The summed E-state index contributed by atoms with van der Waals surface area (Å²) in [4.78, 5) is 18.7. The Bertz CT molecular complexity index is 85.9. The normalized spacial score (nSPS) is 8.57. The van der Waals surface area contributed by atoms with Crippen LogP contribution in [0.25, 0.3) is 0 Å². The molecule has 42 valence electrons. The van der Waals surface area contributed by atoms with Crippen molar-refractivity contribution in [3.05, 3.63) is 0 Å². The quantitative estimate of drug-likeness (QED) is 0.573. The van der Waals surface area contributed by atoms with Crippen molar-refractivity contribution in [3.8, 4) is 0 Å². The number of hydrogen-bond donors (Lipinski definition) is 0. The Morgan fingerprint density at radius 3 is 1.43 bits per heavy atom. The first-order valence-corrected chi connectivity index (χ1v) is 3.40. The molecule has 0 bridgehead atoms. The van der Waals surface area contributed by atoms with Crippen LogP contribution in [0, 0.1) is 0 Å². The second kappa shape index (κ2) is 2.74. The summed E-state index contributed by atoms with van der Waals surface area (Å²) in [7, 11) is 0. The third kappa shape index (κ3) is 5.63. The van der Waals surface area contributed by atoms with Crippen molar-refractivity contribution in [2.24, 2.45) is 0 Å². The van der Waals surface area contributed by atoms with E-state index in [1.807, 2.05) is 0 Å². The van der Waals surface area contributed by atoms with Crippen LogP contribution in [0.4, 0.5) is 9.59 Å². The van der Waals surface area contributed by atoms with E-state index in [-0.39, 0.29) is 0 Å². The van der Waals surface area contributed by atoms with Gasteiger partial charge >= 0.3 is 47.1 Å². The van der Waals surface area contributed by atoms with Crippen molar-refractivity contribution in [1.29, 1.82) is 0 Å². The predicted molar refractivity (Wildman–Crippen MR) is 10.8 cm³/mol. The predicted octanol–water partition coefficient (Wildman–Crippen LogP) is -2.24. The Balaban J connectivity index is 3.32. The van der Waals surface area contributed by atoms with Crippen molar-refractivity contribution in [2.45, 2.75) is 0 Å². The van der Waals surface area contributed by atoms with Crippen LogP contribution in [0.3, 0.4) is 0 Å². The molecule has 0 saturated carbocycles. The van der Waals surface area contributed by atoms with Gasteiger partial charge in [0.25, 0.3) is 0 Å². The Hall–Kier alpha value is -0.372. The van der Waals surface area contributed by atoms with Crippen LogP contribution in [0.15, 0.2) is 0 Å². The number of carbonyl (C=O) groups excluding carboxylic acids is 2. The molecule has 0 N–H and O–H groups in total. The van der Waals surface area contributed by atoms with Gasteiger partial charge in [-0.3, -0.25) is 0 Å². The van der Waals surface area contributed by atoms with Crippen LogP contribution >= 0.6 is 0 Å². The number of carbonyl (C=O) groups is 2. The molecule has 0 aliphatic heterocycles. The maximum atomic E-state index is 9.33. The summed E-state index contributed by atoms with van der Waals surface area (Å²) >= 11 is -1.89. The van der Waals surface area contributed by atoms with Crippen LogP contribution in [0.5, 0.6) is 0 Å². The second-order valence-corrected chi connectivity index (χ2v) is 2.93.